The number of benzene rings is 1. The summed E-state index contributed by atoms with van der Waals surface area (Å²) >= 11 is 5.94. The Balaban J connectivity index is 1.34. The first-order valence-corrected chi connectivity index (χ1v) is 10.4. The largest absolute Gasteiger partial charge is 0.378 e. The van der Waals surface area contributed by atoms with Gasteiger partial charge in [0.15, 0.2) is 0 Å². The number of amides is 1. The van der Waals surface area contributed by atoms with Gasteiger partial charge < -0.3 is 15.0 Å². The minimum atomic E-state index is -0.208. The molecule has 1 saturated heterocycles. The maximum atomic E-state index is 12.4. The van der Waals surface area contributed by atoms with E-state index in [0.29, 0.717) is 22.9 Å². The van der Waals surface area contributed by atoms with Crippen molar-refractivity contribution in [2.45, 2.75) is 6.54 Å². The Hall–Kier alpha value is -2.94. The Bertz CT molecular complexity index is 1130. The molecule has 1 aromatic carbocycles. The second-order valence-corrected chi connectivity index (χ2v) is 7.96. The summed E-state index contributed by atoms with van der Waals surface area (Å²) < 4.78 is 6.78. The number of nitrogens with one attached hydrogen (secondary N) is 1. The van der Waals surface area contributed by atoms with Crippen LogP contribution < -0.4 is 15.8 Å². The number of hydrogen-bond donors (Lipinski definition) is 1. The molecule has 1 amide bonds. The van der Waals surface area contributed by atoms with Gasteiger partial charge in [-0.1, -0.05) is 11.6 Å². The molecule has 0 aliphatic carbocycles. The SMILES string of the molecule is CN(CC(=O)Nc1ccc(N2CCOCC2)cc1)Cc1cc(=O)n2cc(Cl)ccc2n1. The van der Waals surface area contributed by atoms with Crippen molar-refractivity contribution in [3.63, 3.8) is 0 Å². The van der Waals surface area contributed by atoms with Gasteiger partial charge in [0.2, 0.25) is 5.91 Å². The van der Waals surface area contributed by atoms with E-state index in [1.165, 1.54) is 16.7 Å². The van der Waals surface area contributed by atoms with Crippen molar-refractivity contribution in [1.82, 2.24) is 14.3 Å². The highest BCUT2D eigenvalue weighted by atomic mass is 35.5. The predicted octanol–water partition coefficient (Wildman–Crippen LogP) is 2.26. The van der Waals surface area contributed by atoms with Gasteiger partial charge in [0.1, 0.15) is 5.65 Å². The maximum Gasteiger partial charge on any atom is 0.258 e. The minimum absolute atomic E-state index is 0.133. The van der Waals surface area contributed by atoms with Crippen molar-refractivity contribution >= 4 is 34.5 Å². The monoisotopic (exact) mass is 441 g/mol. The van der Waals surface area contributed by atoms with Crippen molar-refractivity contribution in [2.75, 3.05) is 50.1 Å². The molecule has 4 rings (SSSR count). The number of rotatable bonds is 6. The molecular weight excluding hydrogens is 418 g/mol. The van der Waals surface area contributed by atoms with Gasteiger partial charge in [-0.15, -0.1) is 0 Å². The Morgan fingerprint density at radius 3 is 2.68 bits per heavy atom. The van der Waals surface area contributed by atoms with E-state index in [1.807, 2.05) is 36.2 Å². The van der Waals surface area contributed by atoms with Crippen LogP contribution in [0.25, 0.3) is 5.65 Å². The highest BCUT2D eigenvalue weighted by Gasteiger charge is 2.13. The third kappa shape index (κ3) is 5.41. The number of aromatic nitrogens is 2. The van der Waals surface area contributed by atoms with Gasteiger partial charge in [0.05, 0.1) is 30.5 Å². The number of nitrogens with zero attached hydrogens (tertiary/aromatic N) is 4. The lowest BCUT2D eigenvalue weighted by molar-refractivity contribution is -0.117. The lowest BCUT2D eigenvalue weighted by atomic mass is 10.2. The molecule has 162 valence electrons. The van der Waals surface area contributed by atoms with E-state index in [0.717, 1.165) is 37.7 Å². The average molecular weight is 442 g/mol. The molecule has 8 nitrogen and oxygen atoms in total. The van der Waals surface area contributed by atoms with Gasteiger partial charge in [-0.3, -0.25) is 18.9 Å². The van der Waals surface area contributed by atoms with Crippen LogP contribution in [0.4, 0.5) is 11.4 Å². The lowest BCUT2D eigenvalue weighted by Gasteiger charge is -2.28. The highest BCUT2D eigenvalue weighted by molar-refractivity contribution is 6.30. The first-order valence-electron chi connectivity index (χ1n) is 10.1. The van der Waals surface area contributed by atoms with Gasteiger partial charge >= 0.3 is 0 Å². The van der Waals surface area contributed by atoms with Crippen molar-refractivity contribution in [3.8, 4) is 0 Å². The third-order valence-corrected chi connectivity index (χ3v) is 5.27. The van der Waals surface area contributed by atoms with Crippen LogP contribution in [0.2, 0.25) is 5.02 Å². The fraction of sp³-hybridized carbons (Fsp3) is 0.318. The fourth-order valence-corrected chi connectivity index (χ4v) is 3.72. The van der Waals surface area contributed by atoms with Gasteiger partial charge in [-0.25, -0.2) is 4.98 Å². The molecule has 1 aliphatic heterocycles. The molecule has 0 spiro atoms. The second-order valence-electron chi connectivity index (χ2n) is 7.53. The second kappa shape index (κ2) is 9.47. The maximum absolute atomic E-state index is 12.4. The number of likely N-dealkylation sites (N-methyl/N-ethyl adjacent to an activating group) is 1. The summed E-state index contributed by atoms with van der Waals surface area (Å²) in [4.78, 5) is 33.3. The Kier molecular flexibility index (Phi) is 6.50. The summed E-state index contributed by atoms with van der Waals surface area (Å²) in [6, 6.07) is 12.7. The van der Waals surface area contributed by atoms with Crippen LogP contribution in [0.1, 0.15) is 5.69 Å². The molecule has 0 bridgehead atoms. The molecule has 1 N–H and O–H groups in total. The Labute approximate surface area is 185 Å². The summed E-state index contributed by atoms with van der Waals surface area (Å²) in [6.45, 7) is 3.75. The van der Waals surface area contributed by atoms with Crippen molar-refractivity contribution in [1.29, 1.82) is 0 Å². The number of hydrogen-bond acceptors (Lipinski definition) is 6. The molecule has 1 aliphatic rings. The number of halogens is 1. The summed E-state index contributed by atoms with van der Waals surface area (Å²) in [6.07, 6.45) is 1.54. The quantitative estimate of drug-likeness (QED) is 0.632. The first-order chi connectivity index (χ1) is 15.0. The first kappa shape index (κ1) is 21.3. The number of carbonyl (C=O) groups excluding carboxylic acids is 1. The minimum Gasteiger partial charge on any atom is -0.378 e. The molecule has 9 heteroatoms. The summed E-state index contributed by atoms with van der Waals surface area (Å²) in [7, 11) is 1.81. The third-order valence-electron chi connectivity index (χ3n) is 5.05. The molecular formula is C22H24ClN5O3. The number of ether oxygens (including phenoxy) is 1. The van der Waals surface area contributed by atoms with Crippen LogP contribution in [0, 0.1) is 0 Å². The van der Waals surface area contributed by atoms with E-state index in [-0.39, 0.29) is 18.0 Å². The predicted molar refractivity (Wildman–Crippen MR) is 121 cm³/mol. The van der Waals surface area contributed by atoms with Gasteiger partial charge in [0, 0.05) is 43.3 Å². The summed E-state index contributed by atoms with van der Waals surface area (Å²) in [5, 5.41) is 3.38. The molecule has 31 heavy (non-hydrogen) atoms. The number of morpholine rings is 1. The van der Waals surface area contributed by atoms with Gasteiger partial charge in [-0.2, -0.15) is 0 Å². The molecule has 0 saturated carbocycles. The van der Waals surface area contributed by atoms with Crippen LogP contribution in [0.5, 0.6) is 0 Å². The van der Waals surface area contributed by atoms with Crippen LogP contribution in [0.15, 0.2) is 53.5 Å². The normalized spacial score (nSPS) is 14.2. The number of anilines is 2. The Morgan fingerprint density at radius 2 is 1.94 bits per heavy atom. The lowest BCUT2D eigenvalue weighted by Crippen LogP contribution is -2.36. The topological polar surface area (TPSA) is 79.2 Å². The van der Waals surface area contributed by atoms with Gasteiger partial charge in [-0.05, 0) is 43.4 Å². The summed E-state index contributed by atoms with van der Waals surface area (Å²) in [5.41, 5.74) is 2.77. The van der Waals surface area contributed by atoms with Gasteiger partial charge in [0.25, 0.3) is 5.56 Å². The molecule has 3 heterocycles. The van der Waals surface area contributed by atoms with Crippen molar-refractivity contribution < 1.29 is 9.53 Å². The van der Waals surface area contributed by atoms with E-state index in [2.05, 4.69) is 15.2 Å². The zero-order chi connectivity index (χ0) is 21.8. The number of carbonyl (C=O) groups is 1. The van der Waals surface area contributed by atoms with Crippen LogP contribution in [0.3, 0.4) is 0 Å². The van der Waals surface area contributed by atoms with E-state index in [9.17, 15) is 9.59 Å². The van der Waals surface area contributed by atoms with Crippen molar-refractivity contribution in [2.24, 2.45) is 0 Å². The average Bonchev–Trinajstić information content (AvgIpc) is 2.75. The smallest absolute Gasteiger partial charge is 0.258 e. The van der Waals surface area contributed by atoms with E-state index < -0.39 is 0 Å². The fourth-order valence-electron chi connectivity index (χ4n) is 3.56. The molecule has 3 aromatic rings. The number of pyridine rings is 1. The van der Waals surface area contributed by atoms with E-state index in [4.69, 9.17) is 16.3 Å². The zero-order valence-electron chi connectivity index (χ0n) is 17.3. The molecule has 0 radical (unpaired) electrons. The van der Waals surface area contributed by atoms with Crippen molar-refractivity contribution in [3.05, 3.63) is 69.7 Å². The number of fused-ring (bicyclic) bond motifs is 1. The molecule has 0 unspecified atom stereocenters. The van der Waals surface area contributed by atoms with Crippen LogP contribution in [-0.2, 0) is 16.1 Å². The highest BCUT2D eigenvalue weighted by Crippen LogP contribution is 2.19. The standard InChI is InChI=1S/C22H24ClN5O3/c1-26(14-18-12-22(30)28-13-16(23)2-7-20(28)24-18)15-21(29)25-17-3-5-19(6-4-17)27-8-10-31-11-9-27/h2-7,12-13H,8-11,14-15H2,1H3,(H,25,29). The Morgan fingerprint density at radius 1 is 1.19 bits per heavy atom. The summed E-state index contributed by atoms with van der Waals surface area (Å²) in [5.74, 6) is -0.133. The molecule has 1 fully saturated rings. The molecule has 2 aromatic heterocycles. The van der Waals surface area contributed by atoms with E-state index >= 15 is 0 Å². The zero-order valence-corrected chi connectivity index (χ0v) is 18.0. The molecule has 0 atom stereocenters. The van der Waals surface area contributed by atoms with Crippen LogP contribution in [-0.4, -0.2) is 60.1 Å². The van der Waals surface area contributed by atoms with E-state index in [1.54, 1.807) is 12.1 Å². The van der Waals surface area contributed by atoms with Crippen LogP contribution >= 0.6 is 11.6 Å².